The quantitative estimate of drug-likeness (QED) is 0.689. The van der Waals surface area contributed by atoms with Crippen LogP contribution in [0.1, 0.15) is 32.8 Å². The van der Waals surface area contributed by atoms with Crippen molar-refractivity contribution < 1.29 is 14.3 Å². The smallest absolute Gasteiger partial charge is 0.407 e. The highest BCUT2D eigenvalue weighted by Crippen LogP contribution is 2.06. The Labute approximate surface area is 133 Å². The van der Waals surface area contributed by atoms with E-state index in [-0.39, 0.29) is 6.09 Å². The number of benzene rings is 1. The lowest BCUT2D eigenvalue weighted by Crippen LogP contribution is -2.34. The van der Waals surface area contributed by atoms with Crippen LogP contribution < -0.4 is 10.6 Å². The first-order chi connectivity index (χ1) is 10.5. The van der Waals surface area contributed by atoms with Crippen LogP contribution >= 0.6 is 0 Å². The van der Waals surface area contributed by atoms with Crippen molar-refractivity contribution in [3.63, 3.8) is 0 Å². The zero-order valence-electron chi connectivity index (χ0n) is 13.9. The molecule has 0 saturated heterocycles. The highest BCUT2D eigenvalue weighted by Gasteiger charge is 2.15. The van der Waals surface area contributed by atoms with Gasteiger partial charge < -0.3 is 20.1 Å². The lowest BCUT2D eigenvalue weighted by atomic mass is 10.2. The van der Waals surface area contributed by atoms with Crippen molar-refractivity contribution in [3.8, 4) is 0 Å². The highest BCUT2D eigenvalue weighted by atomic mass is 16.6. The molecule has 5 nitrogen and oxygen atoms in total. The van der Waals surface area contributed by atoms with Crippen molar-refractivity contribution >= 4 is 6.09 Å². The zero-order chi connectivity index (χ0) is 16.3. The van der Waals surface area contributed by atoms with Crippen molar-refractivity contribution in [3.05, 3.63) is 35.9 Å². The summed E-state index contributed by atoms with van der Waals surface area (Å²) in [6.07, 6.45) is 0.497. The summed E-state index contributed by atoms with van der Waals surface area (Å²) in [5, 5.41) is 6.01. The highest BCUT2D eigenvalue weighted by molar-refractivity contribution is 5.67. The molecular weight excluding hydrogens is 280 g/mol. The maximum Gasteiger partial charge on any atom is 0.407 e. The standard InChI is InChI=1S/C17H28N2O3/c1-17(2,3)22-16(20)19-11-7-10-18-12-13-21-14-15-8-5-4-6-9-15/h4-6,8-9,18H,7,10-14H2,1-3H3,(H,19,20). The fraction of sp³-hybridized carbons (Fsp3) is 0.588. The zero-order valence-corrected chi connectivity index (χ0v) is 13.9. The summed E-state index contributed by atoms with van der Waals surface area (Å²) in [6, 6.07) is 10.1. The van der Waals surface area contributed by atoms with Crippen LogP contribution in [0.2, 0.25) is 0 Å². The number of ether oxygens (including phenoxy) is 2. The average Bonchev–Trinajstić information content (AvgIpc) is 2.44. The van der Waals surface area contributed by atoms with Crippen LogP contribution in [0.15, 0.2) is 30.3 Å². The first-order valence-corrected chi connectivity index (χ1v) is 7.76. The Kier molecular flexibility index (Phi) is 8.55. The molecule has 1 amide bonds. The fourth-order valence-corrected chi connectivity index (χ4v) is 1.75. The topological polar surface area (TPSA) is 59.6 Å². The summed E-state index contributed by atoms with van der Waals surface area (Å²) in [5.41, 5.74) is 0.738. The third-order valence-corrected chi connectivity index (χ3v) is 2.73. The Morgan fingerprint density at radius 3 is 2.50 bits per heavy atom. The predicted molar refractivity (Wildman–Crippen MR) is 87.8 cm³/mol. The molecule has 22 heavy (non-hydrogen) atoms. The van der Waals surface area contributed by atoms with Gasteiger partial charge in [-0.15, -0.1) is 0 Å². The van der Waals surface area contributed by atoms with E-state index in [1.165, 1.54) is 5.56 Å². The molecule has 0 bridgehead atoms. The van der Waals surface area contributed by atoms with Gasteiger partial charge in [0, 0.05) is 13.1 Å². The first-order valence-electron chi connectivity index (χ1n) is 7.76. The Hall–Kier alpha value is -1.59. The van der Waals surface area contributed by atoms with Gasteiger partial charge in [-0.05, 0) is 39.3 Å². The second kappa shape index (κ2) is 10.2. The maximum absolute atomic E-state index is 11.4. The van der Waals surface area contributed by atoms with Crippen LogP contribution in [-0.4, -0.2) is 37.9 Å². The molecule has 0 aliphatic rings. The van der Waals surface area contributed by atoms with Crippen LogP contribution in [0.4, 0.5) is 4.79 Å². The van der Waals surface area contributed by atoms with Crippen molar-refractivity contribution in [1.82, 2.24) is 10.6 Å². The molecule has 124 valence electrons. The number of hydrogen-bond donors (Lipinski definition) is 2. The minimum atomic E-state index is -0.446. The summed E-state index contributed by atoms with van der Waals surface area (Å²) in [6.45, 7) is 9.12. The van der Waals surface area contributed by atoms with Crippen LogP contribution in [0.25, 0.3) is 0 Å². The molecule has 0 aromatic heterocycles. The van der Waals surface area contributed by atoms with E-state index < -0.39 is 5.60 Å². The molecular formula is C17H28N2O3. The molecule has 0 fully saturated rings. The summed E-state index contributed by atoms with van der Waals surface area (Å²) >= 11 is 0. The van der Waals surface area contributed by atoms with Crippen LogP contribution in [0.3, 0.4) is 0 Å². The number of amides is 1. The molecule has 0 saturated carbocycles. The van der Waals surface area contributed by atoms with Crippen LogP contribution in [0, 0.1) is 0 Å². The number of nitrogens with one attached hydrogen (secondary N) is 2. The molecule has 0 heterocycles. The number of hydrogen-bond acceptors (Lipinski definition) is 4. The Morgan fingerprint density at radius 1 is 1.09 bits per heavy atom. The van der Waals surface area contributed by atoms with Crippen molar-refractivity contribution in [2.45, 2.75) is 39.4 Å². The molecule has 1 rings (SSSR count). The SMILES string of the molecule is CC(C)(C)OC(=O)NCCCNCCOCc1ccccc1. The molecule has 0 aliphatic carbocycles. The monoisotopic (exact) mass is 308 g/mol. The van der Waals surface area contributed by atoms with E-state index in [9.17, 15) is 4.79 Å². The largest absolute Gasteiger partial charge is 0.444 e. The van der Waals surface area contributed by atoms with Gasteiger partial charge in [0.1, 0.15) is 5.60 Å². The number of carbonyl (C=O) groups is 1. The van der Waals surface area contributed by atoms with Gasteiger partial charge in [-0.3, -0.25) is 0 Å². The van der Waals surface area contributed by atoms with E-state index in [4.69, 9.17) is 9.47 Å². The lowest BCUT2D eigenvalue weighted by Gasteiger charge is -2.19. The fourth-order valence-electron chi connectivity index (χ4n) is 1.75. The van der Waals surface area contributed by atoms with E-state index in [1.807, 2.05) is 39.0 Å². The Morgan fingerprint density at radius 2 is 1.82 bits per heavy atom. The number of rotatable bonds is 9. The van der Waals surface area contributed by atoms with Crippen LogP contribution in [0.5, 0.6) is 0 Å². The van der Waals surface area contributed by atoms with Crippen molar-refractivity contribution in [1.29, 1.82) is 0 Å². The van der Waals surface area contributed by atoms with Gasteiger partial charge >= 0.3 is 6.09 Å². The third kappa shape index (κ3) is 10.2. The summed E-state index contributed by atoms with van der Waals surface area (Å²) < 4.78 is 10.7. The third-order valence-electron chi connectivity index (χ3n) is 2.73. The lowest BCUT2D eigenvalue weighted by molar-refractivity contribution is 0.0527. The van der Waals surface area contributed by atoms with Gasteiger partial charge in [-0.1, -0.05) is 30.3 Å². The van der Waals surface area contributed by atoms with Gasteiger partial charge in [0.05, 0.1) is 13.2 Å². The first kappa shape index (κ1) is 18.5. The molecule has 0 atom stereocenters. The molecule has 0 unspecified atom stereocenters. The summed E-state index contributed by atoms with van der Waals surface area (Å²) in [4.78, 5) is 11.4. The Bertz CT molecular complexity index is 416. The summed E-state index contributed by atoms with van der Waals surface area (Å²) in [5.74, 6) is 0. The van der Waals surface area contributed by atoms with Gasteiger partial charge in [0.15, 0.2) is 0 Å². The maximum atomic E-state index is 11.4. The van der Waals surface area contributed by atoms with Gasteiger partial charge in [0.2, 0.25) is 0 Å². The minimum Gasteiger partial charge on any atom is -0.444 e. The Balaban J connectivity index is 1.89. The normalized spacial score (nSPS) is 11.2. The van der Waals surface area contributed by atoms with Gasteiger partial charge in [-0.2, -0.15) is 0 Å². The second-order valence-electron chi connectivity index (χ2n) is 6.07. The molecule has 1 aromatic carbocycles. The van der Waals surface area contributed by atoms with E-state index in [0.29, 0.717) is 19.8 Å². The number of carbonyl (C=O) groups excluding carboxylic acids is 1. The summed E-state index contributed by atoms with van der Waals surface area (Å²) in [7, 11) is 0. The predicted octanol–water partition coefficient (Wildman–Crippen LogP) is 2.71. The minimum absolute atomic E-state index is 0.362. The molecule has 0 aliphatic heterocycles. The van der Waals surface area contributed by atoms with Gasteiger partial charge in [0.25, 0.3) is 0 Å². The second-order valence-corrected chi connectivity index (χ2v) is 6.07. The molecule has 0 radical (unpaired) electrons. The van der Waals surface area contributed by atoms with Gasteiger partial charge in [-0.25, -0.2) is 4.79 Å². The van der Waals surface area contributed by atoms with E-state index in [0.717, 1.165) is 19.5 Å². The van der Waals surface area contributed by atoms with E-state index >= 15 is 0 Å². The molecule has 1 aromatic rings. The van der Waals surface area contributed by atoms with Crippen molar-refractivity contribution in [2.75, 3.05) is 26.2 Å². The van der Waals surface area contributed by atoms with Crippen LogP contribution in [-0.2, 0) is 16.1 Å². The number of alkyl carbamates (subject to hydrolysis) is 1. The molecule has 2 N–H and O–H groups in total. The van der Waals surface area contributed by atoms with E-state index in [2.05, 4.69) is 22.8 Å². The molecule has 5 heteroatoms. The average molecular weight is 308 g/mol. The molecule has 0 spiro atoms. The van der Waals surface area contributed by atoms with Crippen molar-refractivity contribution in [2.24, 2.45) is 0 Å². The van der Waals surface area contributed by atoms with E-state index in [1.54, 1.807) is 0 Å².